The molecule has 104 valence electrons. The van der Waals surface area contributed by atoms with E-state index in [1.165, 1.54) is 6.07 Å². The van der Waals surface area contributed by atoms with Crippen molar-refractivity contribution in [2.45, 2.75) is 6.54 Å². The zero-order valence-electron chi connectivity index (χ0n) is 10.9. The van der Waals surface area contributed by atoms with Gasteiger partial charge in [-0.2, -0.15) is 0 Å². The van der Waals surface area contributed by atoms with Crippen LogP contribution in [0.3, 0.4) is 0 Å². The first-order chi connectivity index (χ1) is 9.61. The summed E-state index contributed by atoms with van der Waals surface area (Å²) in [6.07, 6.45) is 0. The van der Waals surface area contributed by atoms with Crippen LogP contribution >= 0.6 is 15.9 Å². The molecule has 0 heterocycles. The highest BCUT2D eigenvalue weighted by Crippen LogP contribution is 2.19. The monoisotopic (exact) mass is 336 g/mol. The van der Waals surface area contributed by atoms with Crippen LogP contribution in [-0.2, 0) is 6.54 Å². The number of hydrogen-bond acceptors (Lipinski definition) is 2. The normalized spacial score (nSPS) is 10.2. The summed E-state index contributed by atoms with van der Waals surface area (Å²) < 4.78 is 14.4. The Morgan fingerprint density at radius 1 is 1.25 bits per heavy atom. The molecule has 0 aliphatic carbocycles. The lowest BCUT2D eigenvalue weighted by molar-refractivity contribution is 0.0964. The predicted octanol–water partition coefficient (Wildman–Crippen LogP) is 3.56. The van der Waals surface area contributed by atoms with E-state index in [2.05, 4.69) is 26.6 Å². The van der Waals surface area contributed by atoms with Crippen LogP contribution in [0.15, 0.2) is 46.9 Å². The van der Waals surface area contributed by atoms with Crippen molar-refractivity contribution in [1.29, 1.82) is 0 Å². The number of anilines is 1. The quantitative estimate of drug-likeness (QED) is 0.896. The highest BCUT2D eigenvalue weighted by Gasteiger charge is 2.09. The fourth-order valence-electron chi connectivity index (χ4n) is 1.83. The number of rotatable bonds is 4. The highest BCUT2D eigenvalue weighted by atomic mass is 79.9. The molecule has 1 amide bonds. The van der Waals surface area contributed by atoms with Crippen LogP contribution in [0.1, 0.15) is 15.9 Å². The van der Waals surface area contributed by atoms with Crippen LogP contribution in [-0.4, -0.2) is 13.0 Å². The minimum Gasteiger partial charge on any atom is -0.380 e. The molecule has 0 saturated carbocycles. The van der Waals surface area contributed by atoms with Crippen LogP contribution in [0, 0.1) is 5.82 Å². The Labute approximate surface area is 125 Å². The first-order valence-corrected chi connectivity index (χ1v) is 6.90. The minimum atomic E-state index is -0.288. The summed E-state index contributed by atoms with van der Waals surface area (Å²) in [7, 11) is 1.58. The Balaban J connectivity index is 2.17. The van der Waals surface area contributed by atoms with Gasteiger partial charge in [0, 0.05) is 29.3 Å². The molecule has 0 fully saturated rings. The summed E-state index contributed by atoms with van der Waals surface area (Å²) in [5, 5.41) is 5.67. The van der Waals surface area contributed by atoms with E-state index in [9.17, 15) is 9.18 Å². The van der Waals surface area contributed by atoms with Crippen LogP contribution in [0.5, 0.6) is 0 Å². The van der Waals surface area contributed by atoms with Gasteiger partial charge in [-0.1, -0.05) is 34.1 Å². The predicted molar refractivity (Wildman–Crippen MR) is 81.3 cm³/mol. The van der Waals surface area contributed by atoms with Crippen molar-refractivity contribution in [2.24, 2.45) is 0 Å². The van der Waals surface area contributed by atoms with Crippen molar-refractivity contribution in [3.05, 3.63) is 63.9 Å². The second kappa shape index (κ2) is 6.52. The Bertz CT molecular complexity index is 631. The van der Waals surface area contributed by atoms with E-state index in [0.717, 1.165) is 0 Å². The van der Waals surface area contributed by atoms with E-state index in [1.54, 1.807) is 37.4 Å². The Morgan fingerprint density at radius 2 is 2.00 bits per heavy atom. The number of nitrogens with one attached hydrogen (secondary N) is 2. The summed E-state index contributed by atoms with van der Waals surface area (Å²) in [5.74, 6) is -0.464. The maximum Gasteiger partial charge on any atom is 0.253 e. The van der Waals surface area contributed by atoms with Gasteiger partial charge in [-0.05, 0) is 24.3 Å². The molecule has 0 unspecified atom stereocenters. The lowest BCUT2D eigenvalue weighted by atomic mass is 10.1. The molecule has 2 rings (SSSR count). The van der Waals surface area contributed by atoms with Crippen molar-refractivity contribution in [3.8, 4) is 0 Å². The fourth-order valence-corrected chi connectivity index (χ4v) is 2.16. The van der Waals surface area contributed by atoms with Crippen molar-refractivity contribution >= 4 is 27.5 Å². The molecule has 0 aromatic heterocycles. The smallest absolute Gasteiger partial charge is 0.253 e. The van der Waals surface area contributed by atoms with Gasteiger partial charge in [0.25, 0.3) is 5.91 Å². The van der Waals surface area contributed by atoms with Gasteiger partial charge in [-0.3, -0.25) is 4.79 Å². The number of amides is 1. The average Bonchev–Trinajstić information content (AvgIpc) is 2.46. The van der Waals surface area contributed by atoms with Crippen molar-refractivity contribution in [1.82, 2.24) is 5.32 Å². The maximum absolute atomic E-state index is 13.7. The van der Waals surface area contributed by atoms with Gasteiger partial charge in [0.2, 0.25) is 0 Å². The number of carbonyl (C=O) groups is 1. The second-order valence-corrected chi connectivity index (χ2v) is 5.13. The molecule has 0 saturated heterocycles. The summed E-state index contributed by atoms with van der Waals surface area (Å²) in [4.78, 5) is 11.7. The fraction of sp³-hybridized carbons (Fsp3) is 0.133. The first-order valence-electron chi connectivity index (χ1n) is 6.10. The van der Waals surface area contributed by atoms with Gasteiger partial charge in [0.1, 0.15) is 5.82 Å². The summed E-state index contributed by atoms with van der Waals surface area (Å²) in [6.45, 7) is 0.313. The molecular formula is C15H14BrFN2O. The Hall–Kier alpha value is -1.88. The first kappa shape index (κ1) is 14.5. The lowest BCUT2D eigenvalue weighted by Crippen LogP contribution is -2.19. The molecule has 3 nitrogen and oxygen atoms in total. The van der Waals surface area contributed by atoms with E-state index in [0.29, 0.717) is 27.8 Å². The standard InChI is InChI=1S/C15H14BrFN2O/c1-18-15(20)12-4-2-3-5-14(12)19-9-10-6-7-11(16)8-13(10)17/h2-8,19H,9H2,1H3,(H,18,20). The SMILES string of the molecule is CNC(=O)c1ccccc1NCc1ccc(Br)cc1F. The topological polar surface area (TPSA) is 41.1 Å². The molecule has 0 aliphatic heterocycles. The molecule has 20 heavy (non-hydrogen) atoms. The Kier molecular flexibility index (Phi) is 4.74. The molecule has 0 spiro atoms. The van der Waals surface area contributed by atoms with Crippen molar-refractivity contribution in [2.75, 3.05) is 12.4 Å². The van der Waals surface area contributed by atoms with Crippen LogP contribution < -0.4 is 10.6 Å². The van der Waals surface area contributed by atoms with E-state index in [-0.39, 0.29) is 11.7 Å². The van der Waals surface area contributed by atoms with Gasteiger partial charge in [-0.25, -0.2) is 4.39 Å². The number of hydrogen-bond donors (Lipinski definition) is 2. The molecule has 0 atom stereocenters. The third kappa shape index (κ3) is 3.36. The van der Waals surface area contributed by atoms with E-state index < -0.39 is 0 Å². The molecule has 2 aromatic carbocycles. The number of carbonyl (C=O) groups excluding carboxylic acids is 1. The van der Waals surface area contributed by atoms with Gasteiger partial charge in [-0.15, -0.1) is 0 Å². The molecule has 0 aliphatic rings. The average molecular weight is 337 g/mol. The van der Waals surface area contributed by atoms with Crippen LogP contribution in [0.25, 0.3) is 0 Å². The highest BCUT2D eigenvalue weighted by molar-refractivity contribution is 9.10. The zero-order valence-corrected chi connectivity index (χ0v) is 12.5. The number of halogens is 2. The van der Waals surface area contributed by atoms with Crippen molar-refractivity contribution in [3.63, 3.8) is 0 Å². The molecule has 2 N–H and O–H groups in total. The summed E-state index contributed by atoms with van der Waals surface area (Å²) >= 11 is 3.22. The third-order valence-electron chi connectivity index (χ3n) is 2.88. The molecule has 5 heteroatoms. The van der Waals surface area contributed by atoms with Gasteiger partial charge in [0.05, 0.1) is 5.56 Å². The van der Waals surface area contributed by atoms with E-state index >= 15 is 0 Å². The van der Waals surface area contributed by atoms with Crippen LogP contribution in [0.4, 0.5) is 10.1 Å². The summed E-state index contributed by atoms with van der Waals surface area (Å²) in [6, 6.07) is 12.0. The molecule has 0 radical (unpaired) electrons. The van der Waals surface area contributed by atoms with Gasteiger partial charge >= 0.3 is 0 Å². The molecular weight excluding hydrogens is 323 g/mol. The third-order valence-corrected chi connectivity index (χ3v) is 3.38. The van der Waals surface area contributed by atoms with Gasteiger partial charge in [0.15, 0.2) is 0 Å². The van der Waals surface area contributed by atoms with Crippen LogP contribution in [0.2, 0.25) is 0 Å². The van der Waals surface area contributed by atoms with E-state index in [1.807, 2.05) is 6.07 Å². The minimum absolute atomic E-state index is 0.177. The maximum atomic E-state index is 13.7. The van der Waals surface area contributed by atoms with Crippen molar-refractivity contribution < 1.29 is 9.18 Å². The molecule has 2 aromatic rings. The molecule has 0 bridgehead atoms. The lowest BCUT2D eigenvalue weighted by Gasteiger charge is -2.11. The second-order valence-electron chi connectivity index (χ2n) is 4.21. The number of para-hydroxylation sites is 1. The van der Waals surface area contributed by atoms with Gasteiger partial charge < -0.3 is 10.6 Å². The van der Waals surface area contributed by atoms with E-state index in [4.69, 9.17) is 0 Å². The zero-order chi connectivity index (χ0) is 14.5. The Morgan fingerprint density at radius 3 is 2.70 bits per heavy atom. The number of benzene rings is 2. The summed E-state index contributed by atoms with van der Waals surface area (Å²) in [5.41, 5.74) is 1.75. The largest absolute Gasteiger partial charge is 0.380 e.